The molecule has 0 rings (SSSR count). The number of carbonyl (C=O) groups is 4. The largest absolute Gasteiger partial charge is 0.472 e. The summed E-state index contributed by atoms with van der Waals surface area (Å²) in [6, 6.07) is 0. The van der Waals surface area contributed by atoms with Gasteiger partial charge in [0.1, 0.15) is 19.3 Å². The minimum absolute atomic E-state index is 0.104. The molecule has 0 saturated heterocycles. The molecule has 19 heteroatoms. The first-order valence-electron chi connectivity index (χ1n) is 36.9. The van der Waals surface area contributed by atoms with Gasteiger partial charge in [0.25, 0.3) is 0 Å². The van der Waals surface area contributed by atoms with E-state index in [9.17, 15) is 43.2 Å². The Balaban J connectivity index is 5.26. The number of aliphatic hydroxyl groups is 1. The van der Waals surface area contributed by atoms with Crippen LogP contribution in [0.1, 0.15) is 357 Å². The van der Waals surface area contributed by atoms with E-state index in [1.165, 1.54) is 161 Å². The van der Waals surface area contributed by atoms with Crippen LogP contribution in [0.25, 0.3) is 0 Å². The van der Waals surface area contributed by atoms with E-state index in [4.69, 9.17) is 37.0 Å². The molecule has 90 heavy (non-hydrogen) atoms. The lowest BCUT2D eigenvalue weighted by Gasteiger charge is -2.21. The van der Waals surface area contributed by atoms with Gasteiger partial charge in [0.05, 0.1) is 26.4 Å². The van der Waals surface area contributed by atoms with Crippen LogP contribution in [-0.4, -0.2) is 96.7 Å². The third kappa shape index (κ3) is 62.2. The maximum Gasteiger partial charge on any atom is 0.472 e. The fourth-order valence-corrected chi connectivity index (χ4v) is 12.2. The van der Waals surface area contributed by atoms with Crippen LogP contribution in [0.5, 0.6) is 0 Å². The van der Waals surface area contributed by atoms with Crippen molar-refractivity contribution in [3.05, 3.63) is 0 Å². The van der Waals surface area contributed by atoms with Crippen molar-refractivity contribution in [2.45, 2.75) is 375 Å². The Morgan fingerprint density at radius 2 is 0.567 bits per heavy atom. The van der Waals surface area contributed by atoms with Gasteiger partial charge in [-0.1, -0.05) is 305 Å². The smallest absolute Gasteiger partial charge is 0.462 e. The number of hydrogen-bond acceptors (Lipinski definition) is 15. The molecule has 17 nitrogen and oxygen atoms in total. The van der Waals surface area contributed by atoms with Crippen LogP contribution in [0.2, 0.25) is 0 Å². The molecule has 0 radical (unpaired) electrons. The number of esters is 4. The average molecular weight is 1330 g/mol. The number of ether oxygens (including phenoxy) is 4. The second-order valence-electron chi connectivity index (χ2n) is 26.6. The molecule has 0 aliphatic carbocycles. The van der Waals surface area contributed by atoms with Crippen LogP contribution in [0.4, 0.5) is 0 Å². The lowest BCUT2D eigenvalue weighted by atomic mass is 9.99. The van der Waals surface area contributed by atoms with Crippen molar-refractivity contribution in [2.75, 3.05) is 39.6 Å². The zero-order chi connectivity index (χ0) is 66.6. The van der Waals surface area contributed by atoms with E-state index in [-0.39, 0.29) is 25.7 Å². The van der Waals surface area contributed by atoms with E-state index in [2.05, 4.69) is 48.5 Å². The average Bonchev–Trinajstić information content (AvgIpc) is 3.66. The molecule has 0 aromatic carbocycles. The molecular weight excluding hydrogens is 1190 g/mol. The molecule has 0 aromatic rings. The van der Waals surface area contributed by atoms with Crippen molar-refractivity contribution in [1.82, 2.24) is 0 Å². The van der Waals surface area contributed by atoms with Crippen LogP contribution in [-0.2, 0) is 65.4 Å². The zero-order valence-electron chi connectivity index (χ0n) is 58.6. The van der Waals surface area contributed by atoms with Gasteiger partial charge in [-0.2, -0.15) is 0 Å². The maximum absolute atomic E-state index is 13.0. The Morgan fingerprint density at radius 3 is 0.844 bits per heavy atom. The Kier molecular flexibility index (Phi) is 60.6. The molecule has 0 amide bonds. The van der Waals surface area contributed by atoms with E-state index in [1.54, 1.807) is 0 Å². The number of hydrogen-bond donors (Lipinski definition) is 3. The predicted octanol–water partition coefficient (Wildman–Crippen LogP) is 20.2. The normalized spacial score (nSPS) is 14.8. The van der Waals surface area contributed by atoms with Crippen molar-refractivity contribution in [3.63, 3.8) is 0 Å². The first kappa shape index (κ1) is 88.1. The van der Waals surface area contributed by atoms with Crippen LogP contribution >= 0.6 is 15.6 Å². The number of phosphoric ester groups is 2. The highest BCUT2D eigenvalue weighted by molar-refractivity contribution is 7.47. The highest BCUT2D eigenvalue weighted by atomic mass is 31.2. The maximum atomic E-state index is 13.0. The quantitative estimate of drug-likeness (QED) is 0.0222. The molecular formula is C71H138O17P2. The number of aliphatic hydroxyl groups excluding tert-OH is 1. The number of unbranched alkanes of at least 4 members (excludes halogenated alkanes) is 35. The van der Waals surface area contributed by atoms with E-state index in [0.29, 0.717) is 25.7 Å². The van der Waals surface area contributed by atoms with Crippen molar-refractivity contribution in [1.29, 1.82) is 0 Å². The lowest BCUT2D eigenvalue weighted by molar-refractivity contribution is -0.161. The molecule has 0 aliphatic heterocycles. The highest BCUT2D eigenvalue weighted by Crippen LogP contribution is 2.45. The summed E-state index contributed by atoms with van der Waals surface area (Å²) in [6.45, 7) is 11.8. The standard InChI is InChI=1S/C71H138O17P2/c1-8-11-12-13-14-15-16-17-18-19-20-21-24-31-40-47-54-70(75)87-66(58-81-68(73)52-45-38-30-25-22-23-28-35-42-49-62(4)5)60-85-89(77,78)83-56-65(72)57-84-90(79,80)86-61-67(59-82-69(74)53-46-39-34-33-37-44-51-64(7)10-3)88-71(76)55-48-41-32-27-26-29-36-43-50-63(6)9-2/h62-67,72H,8-61H2,1-7H3,(H,77,78)(H,79,80)/t63?,64?,65-,66-,67-/m1/s1. The summed E-state index contributed by atoms with van der Waals surface area (Å²) in [7, 11) is -9.90. The minimum Gasteiger partial charge on any atom is -0.462 e. The van der Waals surface area contributed by atoms with Gasteiger partial charge >= 0.3 is 39.5 Å². The van der Waals surface area contributed by atoms with Crippen LogP contribution in [0, 0.1) is 17.8 Å². The molecule has 0 saturated carbocycles. The molecule has 0 aromatic heterocycles. The lowest BCUT2D eigenvalue weighted by Crippen LogP contribution is -2.30. The summed E-state index contributed by atoms with van der Waals surface area (Å²) in [5, 5.41) is 10.6. The van der Waals surface area contributed by atoms with Gasteiger partial charge in [-0.25, -0.2) is 9.13 Å². The monoisotopic (exact) mass is 1320 g/mol. The van der Waals surface area contributed by atoms with E-state index in [0.717, 1.165) is 114 Å². The fourth-order valence-electron chi connectivity index (χ4n) is 10.7. The van der Waals surface area contributed by atoms with E-state index >= 15 is 0 Å². The van der Waals surface area contributed by atoms with Gasteiger partial charge in [-0.3, -0.25) is 37.3 Å². The van der Waals surface area contributed by atoms with Crippen molar-refractivity contribution < 1.29 is 80.2 Å². The molecule has 0 spiro atoms. The molecule has 534 valence electrons. The summed E-state index contributed by atoms with van der Waals surface area (Å²) >= 11 is 0. The first-order valence-corrected chi connectivity index (χ1v) is 39.9. The second kappa shape index (κ2) is 61.9. The third-order valence-corrected chi connectivity index (χ3v) is 19.0. The SMILES string of the molecule is CCCCCCCCCCCCCCCCCCC(=O)O[C@H](COC(=O)CCCCCCCCCCCC(C)C)COP(=O)(O)OC[C@@H](O)COP(=O)(O)OC[C@@H](COC(=O)CCCCCCCCC(C)CC)OC(=O)CCCCCCCCCCC(C)CC. The summed E-state index contributed by atoms with van der Waals surface area (Å²) in [5.74, 6) is 0.117. The number of carbonyl (C=O) groups excluding carboxylic acids is 4. The van der Waals surface area contributed by atoms with Crippen molar-refractivity contribution >= 4 is 39.5 Å². The number of phosphoric acid groups is 2. The molecule has 0 fully saturated rings. The Hall–Kier alpha value is -1.94. The van der Waals surface area contributed by atoms with Crippen molar-refractivity contribution in [2.24, 2.45) is 17.8 Å². The third-order valence-electron chi connectivity index (χ3n) is 17.1. The summed E-state index contributed by atoms with van der Waals surface area (Å²) in [6.07, 6.45) is 45.8. The summed E-state index contributed by atoms with van der Waals surface area (Å²) in [5.41, 5.74) is 0. The van der Waals surface area contributed by atoms with Crippen LogP contribution in [0.15, 0.2) is 0 Å². The minimum atomic E-state index is -4.95. The highest BCUT2D eigenvalue weighted by Gasteiger charge is 2.30. The predicted molar refractivity (Wildman–Crippen MR) is 363 cm³/mol. The second-order valence-corrected chi connectivity index (χ2v) is 29.5. The molecule has 0 bridgehead atoms. The zero-order valence-corrected chi connectivity index (χ0v) is 60.4. The van der Waals surface area contributed by atoms with Gasteiger partial charge in [0.2, 0.25) is 0 Å². The van der Waals surface area contributed by atoms with Crippen LogP contribution < -0.4 is 0 Å². The fraction of sp³-hybridized carbons (Fsp3) is 0.944. The summed E-state index contributed by atoms with van der Waals surface area (Å²) in [4.78, 5) is 72.6. The number of rotatable bonds is 69. The molecule has 4 unspecified atom stereocenters. The van der Waals surface area contributed by atoms with Gasteiger partial charge in [0.15, 0.2) is 12.2 Å². The molecule has 7 atom stereocenters. The Morgan fingerprint density at radius 1 is 0.322 bits per heavy atom. The first-order chi connectivity index (χ1) is 43.3. The van der Waals surface area contributed by atoms with Gasteiger partial charge in [-0.15, -0.1) is 0 Å². The van der Waals surface area contributed by atoms with Gasteiger partial charge in [-0.05, 0) is 43.4 Å². The molecule has 0 aliphatic rings. The van der Waals surface area contributed by atoms with Crippen LogP contribution in [0.3, 0.4) is 0 Å². The Labute approximate surface area is 549 Å². The molecule has 0 heterocycles. The molecule has 3 N–H and O–H groups in total. The van der Waals surface area contributed by atoms with Gasteiger partial charge < -0.3 is 33.8 Å². The van der Waals surface area contributed by atoms with Crippen molar-refractivity contribution in [3.8, 4) is 0 Å². The topological polar surface area (TPSA) is 237 Å². The van der Waals surface area contributed by atoms with Gasteiger partial charge in [0, 0.05) is 25.7 Å². The van der Waals surface area contributed by atoms with E-state index < -0.39 is 97.5 Å². The summed E-state index contributed by atoms with van der Waals surface area (Å²) < 4.78 is 68.3. The van der Waals surface area contributed by atoms with E-state index in [1.807, 2.05) is 0 Å². The Bertz CT molecular complexity index is 1770.